The Morgan fingerprint density at radius 3 is 2.47 bits per heavy atom. The third-order valence-electron chi connectivity index (χ3n) is 3.27. The fourth-order valence-corrected chi connectivity index (χ4v) is 2.07. The van der Waals surface area contributed by atoms with E-state index in [2.05, 4.69) is 17.0 Å². The Labute approximate surface area is 102 Å². The van der Waals surface area contributed by atoms with E-state index in [9.17, 15) is 9.59 Å². The van der Waals surface area contributed by atoms with Gasteiger partial charge in [-0.1, -0.05) is 6.92 Å². The van der Waals surface area contributed by atoms with Gasteiger partial charge in [0.25, 0.3) is 0 Å². The quantitative estimate of drug-likeness (QED) is 0.718. The number of methoxy groups -OCH3 is 1. The van der Waals surface area contributed by atoms with Crippen LogP contribution in [-0.4, -0.2) is 49.6 Å². The Kier molecular flexibility index (Phi) is 4.93. The number of carbonyl (C=O) groups is 2. The first kappa shape index (κ1) is 14.0. The summed E-state index contributed by atoms with van der Waals surface area (Å²) in [5.74, 6) is -0.0305. The first-order chi connectivity index (χ1) is 7.97. The number of ether oxygens (including phenoxy) is 1. The van der Waals surface area contributed by atoms with E-state index in [-0.39, 0.29) is 30.4 Å². The molecule has 2 atom stereocenters. The van der Waals surface area contributed by atoms with Crippen LogP contribution in [0.3, 0.4) is 0 Å². The Hall–Kier alpha value is -1.10. The van der Waals surface area contributed by atoms with Gasteiger partial charge in [-0.25, -0.2) is 0 Å². The summed E-state index contributed by atoms with van der Waals surface area (Å²) in [5, 5.41) is 3.20. The molecule has 1 rings (SSSR count). The zero-order chi connectivity index (χ0) is 13.0. The molecular formula is C12H22N2O3. The molecule has 5 heteroatoms. The molecule has 0 spiro atoms. The van der Waals surface area contributed by atoms with Crippen LogP contribution in [0.2, 0.25) is 0 Å². The molecule has 1 aliphatic rings. The molecule has 1 fully saturated rings. The molecule has 17 heavy (non-hydrogen) atoms. The SMILES string of the molecule is COC(=O)CN(C(=O)[C@@H]1CNC[C@H]1C)C(C)C. The van der Waals surface area contributed by atoms with Crippen molar-refractivity contribution in [2.24, 2.45) is 11.8 Å². The van der Waals surface area contributed by atoms with Gasteiger partial charge in [0.2, 0.25) is 5.91 Å². The molecule has 1 aliphatic heterocycles. The van der Waals surface area contributed by atoms with Gasteiger partial charge in [0.05, 0.1) is 13.0 Å². The minimum absolute atomic E-state index is 0.00870. The van der Waals surface area contributed by atoms with E-state index in [1.54, 1.807) is 4.90 Å². The van der Waals surface area contributed by atoms with Crippen LogP contribution < -0.4 is 5.32 Å². The Bertz CT molecular complexity index is 291. The molecular weight excluding hydrogens is 220 g/mol. The molecule has 0 aliphatic carbocycles. The number of hydrogen-bond acceptors (Lipinski definition) is 4. The van der Waals surface area contributed by atoms with Crippen LogP contribution >= 0.6 is 0 Å². The highest BCUT2D eigenvalue weighted by Gasteiger charge is 2.34. The molecule has 0 saturated carbocycles. The summed E-state index contributed by atoms with van der Waals surface area (Å²) in [6, 6.07) is 0.00870. The topological polar surface area (TPSA) is 58.6 Å². The molecule has 0 aromatic carbocycles. The lowest BCUT2D eigenvalue weighted by atomic mass is 9.96. The van der Waals surface area contributed by atoms with Gasteiger partial charge in [0, 0.05) is 12.6 Å². The monoisotopic (exact) mass is 242 g/mol. The fraction of sp³-hybridized carbons (Fsp3) is 0.833. The maximum absolute atomic E-state index is 12.3. The number of carbonyl (C=O) groups excluding carboxylic acids is 2. The van der Waals surface area contributed by atoms with Crippen LogP contribution in [0.15, 0.2) is 0 Å². The molecule has 1 N–H and O–H groups in total. The van der Waals surface area contributed by atoms with Crippen molar-refractivity contribution < 1.29 is 14.3 Å². The van der Waals surface area contributed by atoms with E-state index in [1.165, 1.54) is 7.11 Å². The lowest BCUT2D eigenvalue weighted by molar-refractivity contribution is -0.150. The first-order valence-electron chi connectivity index (χ1n) is 6.05. The van der Waals surface area contributed by atoms with E-state index in [1.807, 2.05) is 13.8 Å². The summed E-state index contributed by atoms with van der Waals surface area (Å²) in [6.45, 7) is 7.47. The number of amides is 1. The predicted octanol–water partition coefficient (Wildman–Crippen LogP) is 0.252. The summed E-state index contributed by atoms with van der Waals surface area (Å²) >= 11 is 0. The van der Waals surface area contributed by atoms with Crippen LogP contribution in [0.1, 0.15) is 20.8 Å². The first-order valence-corrected chi connectivity index (χ1v) is 6.05. The van der Waals surface area contributed by atoms with Gasteiger partial charge < -0.3 is 15.0 Å². The summed E-state index contributed by atoms with van der Waals surface area (Å²) in [4.78, 5) is 25.2. The molecule has 98 valence electrons. The number of esters is 1. The predicted molar refractivity (Wildman–Crippen MR) is 64.4 cm³/mol. The van der Waals surface area contributed by atoms with E-state index < -0.39 is 0 Å². The molecule has 1 saturated heterocycles. The van der Waals surface area contributed by atoms with Gasteiger partial charge >= 0.3 is 5.97 Å². The van der Waals surface area contributed by atoms with Gasteiger partial charge in [-0.05, 0) is 26.3 Å². The van der Waals surface area contributed by atoms with E-state index in [0.717, 1.165) is 6.54 Å². The van der Waals surface area contributed by atoms with Crippen LogP contribution in [0.4, 0.5) is 0 Å². The average Bonchev–Trinajstić information content (AvgIpc) is 2.70. The number of hydrogen-bond donors (Lipinski definition) is 1. The molecule has 1 amide bonds. The normalized spacial score (nSPS) is 23.8. The smallest absolute Gasteiger partial charge is 0.325 e. The van der Waals surface area contributed by atoms with Gasteiger partial charge in [-0.15, -0.1) is 0 Å². The Morgan fingerprint density at radius 2 is 2.06 bits per heavy atom. The van der Waals surface area contributed by atoms with Crippen molar-refractivity contribution >= 4 is 11.9 Å². The van der Waals surface area contributed by atoms with Crippen LogP contribution in [0.25, 0.3) is 0 Å². The second-order valence-electron chi connectivity index (χ2n) is 4.88. The van der Waals surface area contributed by atoms with Crippen molar-refractivity contribution in [2.45, 2.75) is 26.8 Å². The van der Waals surface area contributed by atoms with Crippen molar-refractivity contribution in [3.8, 4) is 0 Å². The van der Waals surface area contributed by atoms with Crippen molar-refractivity contribution in [1.29, 1.82) is 0 Å². The third kappa shape index (κ3) is 3.43. The van der Waals surface area contributed by atoms with Crippen molar-refractivity contribution in [3.63, 3.8) is 0 Å². The van der Waals surface area contributed by atoms with Crippen molar-refractivity contribution in [3.05, 3.63) is 0 Å². The third-order valence-corrected chi connectivity index (χ3v) is 3.27. The summed E-state index contributed by atoms with van der Waals surface area (Å²) in [6.07, 6.45) is 0. The summed E-state index contributed by atoms with van der Waals surface area (Å²) in [7, 11) is 1.34. The maximum atomic E-state index is 12.3. The van der Waals surface area contributed by atoms with Gasteiger partial charge in [-0.3, -0.25) is 9.59 Å². The highest BCUT2D eigenvalue weighted by Crippen LogP contribution is 2.19. The lowest BCUT2D eigenvalue weighted by Crippen LogP contribution is -2.45. The number of rotatable bonds is 4. The minimum atomic E-state index is -0.370. The highest BCUT2D eigenvalue weighted by atomic mass is 16.5. The maximum Gasteiger partial charge on any atom is 0.325 e. The number of nitrogens with zero attached hydrogens (tertiary/aromatic N) is 1. The molecule has 0 aromatic rings. The highest BCUT2D eigenvalue weighted by molar-refractivity contribution is 5.84. The molecule has 5 nitrogen and oxygen atoms in total. The lowest BCUT2D eigenvalue weighted by Gasteiger charge is -2.29. The van der Waals surface area contributed by atoms with Crippen molar-refractivity contribution in [1.82, 2.24) is 10.2 Å². The molecule has 0 radical (unpaired) electrons. The standard InChI is InChI=1S/C12H22N2O3/c1-8(2)14(7-11(15)17-4)12(16)10-6-13-5-9(10)3/h8-10,13H,5-7H2,1-4H3/t9-,10-/m1/s1. The summed E-state index contributed by atoms with van der Waals surface area (Å²) < 4.78 is 4.62. The molecule has 0 unspecified atom stereocenters. The zero-order valence-corrected chi connectivity index (χ0v) is 11.0. The van der Waals surface area contributed by atoms with Gasteiger partial charge in [-0.2, -0.15) is 0 Å². The second-order valence-corrected chi connectivity index (χ2v) is 4.88. The molecule has 0 aromatic heterocycles. The molecule has 1 heterocycles. The van der Waals surface area contributed by atoms with Crippen molar-refractivity contribution in [2.75, 3.05) is 26.7 Å². The zero-order valence-electron chi connectivity index (χ0n) is 11.0. The molecule has 0 bridgehead atoms. The van der Waals surface area contributed by atoms with Crippen LogP contribution in [-0.2, 0) is 14.3 Å². The van der Waals surface area contributed by atoms with Gasteiger partial charge in [0.1, 0.15) is 6.54 Å². The summed E-state index contributed by atoms with van der Waals surface area (Å²) in [5.41, 5.74) is 0. The van der Waals surface area contributed by atoms with Crippen LogP contribution in [0.5, 0.6) is 0 Å². The Morgan fingerprint density at radius 1 is 1.41 bits per heavy atom. The fourth-order valence-electron chi connectivity index (χ4n) is 2.07. The minimum Gasteiger partial charge on any atom is -0.468 e. The second kappa shape index (κ2) is 6.00. The van der Waals surface area contributed by atoms with E-state index >= 15 is 0 Å². The van der Waals surface area contributed by atoms with E-state index in [4.69, 9.17) is 0 Å². The van der Waals surface area contributed by atoms with E-state index in [0.29, 0.717) is 12.5 Å². The van der Waals surface area contributed by atoms with Gasteiger partial charge in [0.15, 0.2) is 0 Å². The van der Waals surface area contributed by atoms with Crippen LogP contribution in [0, 0.1) is 11.8 Å². The Balaban J connectivity index is 2.69. The number of nitrogens with one attached hydrogen (secondary N) is 1. The largest absolute Gasteiger partial charge is 0.468 e. The average molecular weight is 242 g/mol.